The number of benzene rings is 1. The molecule has 0 spiro atoms. The fourth-order valence-electron chi connectivity index (χ4n) is 3.74. The summed E-state index contributed by atoms with van der Waals surface area (Å²) >= 11 is 0.890. The monoisotopic (exact) mass is 538 g/mol. The van der Waals surface area contributed by atoms with Crippen LogP contribution in [0.2, 0.25) is 0 Å². The van der Waals surface area contributed by atoms with E-state index in [2.05, 4.69) is 10.3 Å². The van der Waals surface area contributed by atoms with Crippen LogP contribution in [0.3, 0.4) is 0 Å². The highest BCUT2D eigenvalue weighted by atomic mass is 32.2. The summed E-state index contributed by atoms with van der Waals surface area (Å²) in [5, 5.41) is 22.3. The van der Waals surface area contributed by atoms with Crippen LogP contribution in [0.5, 0.6) is 0 Å². The van der Waals surface area contributed by atoms with Crippen molar-refractivity contribution in [2.24, 2.45) is 0 Å². The topological polar surface area (TPSA) is 169 Å². The zero-order valence-electron chi connectivity index (χ0n) is 19.4. The Balaban J connectivity index is 1.57. The molecule has 36 heavy (non-hydrogen) atoms. The van der Waals surface area contributed by atoms with Gasteiger partial charge in [-0.2, -0.15) is 0 Å². The number of sulfone groups is 1. The molecule has 1 aliphatic heterocycles. The van der Waals surface area contributed by atoms with Gasteiger partial charge in [-0.25, -0.2) is 13.4 Å². The van der Waals surface area contributed by atoms with Crippen molar-refractivity contribution in [1.29, 1.82) is 0 Å². The van der Waals surface area contributed by atoms with Crippen molar-refractivity contribution in [2.75, 3.05) is 18.5 Å². The minimum atomic E-state index is -3.39. The fraction of sp³-hybridized carbons (Fsp3) is 0.478. The molecule has 0 bridgehead atoms. The van der Waals surface area contributed by atoms with Gasteiger partial charge < -0.3 is 19.7 Å². The number of carbonyl (C=O) groups excluding carboxylic acids is 1. The quantitative estimate of drug-likeness (QED) is 0.382. The number of nitrogens with zero attached hydrogens (tertiary/aromatic N) is 1. The van der Waals surface area contributed by atoms with E-state index in [4.69, 9.17) is 9.47 Å². The van der Waals surface area contributed by atoms with Gasteiger partial charge in [0.2, 0.25) is 5.41 Å². The average Bonchev–Trinajstić information content (AvgIpc) is 3.62. The van der Waals surface area contributed by atoms with Crippen molar-refractivity contribution in [2.45, 2.75) is 60.4 Å². The molecule has 3 N–H and O–H groups in total. The van der Waals surface area contributed by atoms with Gasteiger partial charge in [-0.1, -0.05) is 12.1 Å². The van der Waals surface area contributed by atoms with Gasteiger partial charge in [0.25, 0.3) is 5.91 Å². The number of hydrogen-bond donors (Lipinski definition) is 3. The second-order valence-electron chi connectivity index (χ2n) is 8.90. The molecule has 2 aromatic rings. The number of hydrogen-bond acceptors (Lipinski definition) is 9. The Morgan fingerprint density at radius 3 is 2.28 bits per heavy atom. The van der Waals surface area contributed by atoms with Crippen molar-refractivity contribution in [3.8, 4) is 0 Å². The number of nitrogens with one attached hydrogen (secondary N) is 1. The third kappa shape index (κ3) is 5.28. The smallest absolute Gasteiger partial charge is 0.327 e. The Hall–Kier alpha value is -2.87. The lowest BCUT2D eigenvalue weighted by Gasteiger charge is -2.27. The molecule has 1 atom stereocenters. The molecule has 2 fully saturated rings. The van der Waals surface area contributed by atoms with E-state index in [0.29, 0.717) is 44.5 Å². The van der Waals surface area contributed by atoms with Gasteiger partial charge in [0.05, 0.1) is 21.9 Å². The summed E-state index contributed by atoms with van der Waals surface area (Å²) in [7, 11) is -3.39. The van der Waals surface area contributed by atoms with Gasteiger partial charge in [-0.15, -0.1) is 11.3 Å². The van der Waals surface area contributed by atoms with E-state index in [1.54, 1.807) is 0 Å². The SMILES string of the molecule is CC(C(=O)O)(C(=O)O)c1csc(NC(=O)C(OC2CCOCC2)c2ccc(S(=O)(=O)C3CC3)cc2)n1. The van der Waals surface area contributed by atoms with Crippen molar-refractivity contribution >= 4 is 44.2 Å². The molecule has 1 aromatic carbocycles. The molecule has 0 radical (unpaired) electrons. The lowest BCUT2D eigenvalue weighted by molar-refractivity contribution is -0.156. The van der Waals surface area contributed by atoms with Crippen LogP contribution in [0.4, 0.5) is 5.13 Å². The summed E-state index contributed by atoms with van der Waals surface area (Å²) in [5.74, 6) is -3.77. The molecule has 11 nitrogen and oxygen atoms in total. The molecule has 1 saturated heterocycles. The highest BCUT2D eigenvalue weighted by Gasteiger charge is 2.46. The van der Waals surface area contributed by atoms with Gasteiger partial charge in [0.1, 0.15) is 0 Å². The number of anilines is 1. The highest BCUT2D eigenvalue weighted by molar-refractivity contribution is 7.92. The second-order valence-corrected chi connectivity index (χ2v) is 12.0. The minimum absolute atomic E-state index is 0.0113. The van der Waals surface area contributed by atoms with Crippen LogP contribution in [0.1, 0.15) is 50.0 Å². The molecule has 1 aliphatic carbocycles. The van der Waals surface area contributed by atoms with Gasteiger partial charge in [0.15, 0.2) is 21.1 Å². The maximum absolute atomic E-state index is 13.3. The number of ether oxygens (including phenoxy) is 2. The summed E-state index contributed by atoms with van der Waals surface area (Å²) < 4.78 is 36.5. The Morgan fingerprint density at radius 2 is 1.72 bits per heavy atom. The van der Waals surface area contributed by atoms with Crippen molar-refractivity contribution in [1.82, 2.24) is 4.98 Å². The van der Waals surface area contributed by atoms with Crippen LogP contribution < -0.4 is 5.32 Å². The van der Waals surface area contributed by atoms with Crippen molar-refractivity contribution < 1.29 is 42.5 Å². The third-order valence-corrected chi connectivity index (χ3v) is 9.35. The van der Waals surface area contributed by atoms with Crippen LogP contribution in [-0.4, -0.2) is 66.0 Å². The lowest BCUT2D eigenvalue weighted by atomic mass is 9.88. The van der Waals surface area contributed by atoms with E-state index in [1.807, 2.05) is 0 Å². The van der Waals surface area contributed by atoms with Crippen molar-refractivity contribution in [3.63, 3.8) is 0 Å². The van der Waals surface area contributed by atoms with Gasteiger partial charge >= 0.3 is 11.9 Å². The largest absolute Gasteiger partial charge is 0.480 e. The van der Waals surface area contributed by atoms with Crippen LogP contribution in [0, 0.1) is 0 Å². The Labute approximate surface area is 211 Å². The zero-order valence-corrected chi connectivity index (χ0v) is 21.0. The maximum Gasteiger partial charge on any atom is 0.327 e. The molecule has 1 aromatic heterocycles. The standard InChI is InChI=1S/C23H26N2O9S2/c1-23(20(27)28,21(29)30)17-12-35-22(24-17)25-19(26)18(34-14-8-10-33-11-9-14)13-2-4-15(5-3-13)36(31,32)16-6-7-16/h2-5,12,14,16,18H,6-11H2,1H3,(H,27,28)(H,29,30)(H,24,25,26). The predicted octanol–water partition coefficient (Wildman–Crippen LogP) is 2.38. The number of amides is 1. The molecule has 1 amide bonds. The molecule has 1 unspecified atom stereocenters. The molecular formula is C23H26N2O9S2. The van der Waals surface area contributed by atoms with E-state index < -0.39 is 39.2 Å². The number of carbonyl (C=O) groups is 3. The normalized spacial score (nSPS) is 17.9. The first-order chi connectivity index (χ1) is 17.0. The average molecular weight is 539 g/mol. The molecule has 13 heteroatoms. The van der Waals surface area contributed by atoms with Gasteiger partial charge in [0, 0.05) is 18.6 Å². The Bertz CT molecular complexity index is 1230. The van der Waals surface area contributed by atoms with Crippen molar-refractivity contribution in [3.05, 3.63) is 40.9 Å². The van der Waals surface area contributed by atoms with Crippen LogP contribution >= 0.6 is 11.3 Å². The number of carboxylic acids is 2. The van der Waals surface area contributed by atoms with Gasteiger partial charge in [-0.05, 0) is 50.3 Å². The maximum atomic E-state index is 13.3. The first-order valence-corrected chi connectivity index (χ1v) is 13.8. The lowest BCUT2D eigenvalue weighted by Crippen LogP contribution is -2.41. The zero-order chi connectivity index (χ0) is 26.1. The second kappa shape index (κ2) is 10.2. The molecular weight excluding hydrogens is 512 g/mol. The van der Waals surface area contributed by atoms with E-state index >= 15 is 0 Å². The van der Waals surface area contributed by atoms with E-state index in [-0.39, 0.29) is 27.1 Å². The van der Waals surface area contributed by atoms with Gasteiger partial charge in [-0.3, -0.25) is 19.7 Å². The summed E-state index contributed by atoms with van der Waals surface area (Å²) in [5.41, 5.74) is -2.06. The molecule has 194 valence electrons. The number of aliphatic carboxylic acids is 2. The highest BCUT2D eigenvalue weighted by Crippen LogP contribution is 2.35. The Morgan fingerprint density at radius 1 is 1.11 bits per heavy atom. The summed E-state index contributed by atoms with van der Waals surface area (Å²) in [6.07, 6.45) is 1.06. The summed E-state index contributed by atoms with van der Waals surface area (Å²) in [6, 6.07) is 6.00. The summed E-state index contributed by atoms with van der Waals surface area (Å²) in [6.45, 7) is 1.99. The molecule has 4 rings (SSSR count). The van der Waals surface area contributed by atoms with E-state index in [9.17, 15) is 33.0 Å². The first-order valence-electron chi connectivity index (χ1n) is 11.3. The Kier molecular flexibility index (Phi) is 7.46. The number of thiazole rings is 1. The minimum Gasteiger partial charge on any atom is -0.480 e. The first kappa shape index (κ1) is 26.2. The van der Waals surface area contributed by atoms with E-state index in [0.717, 1.165) is 18.3 Å². The third-order valence-electron chi connectivity index (χ3n) is 6.31. The van der Waals surface area contributed by atoms with Crippen LogP contribution in [0.15, 0.2) is 34.5 Å². The van der Waals surface area contributed by atoms with E-state index in [1.165, 1.54) is 29.6 Å². The van der Waals surface area contributed by atoms with Crippen LogP contribution in [-0.2, 0) is 39.1 Å². The number of carboxylic acid groups (broad SMARTS) is 2. The molecule has 1 saturated carbocycles. The predicted molar refractivity (Wildman–Crippen MR) is 128 cm³/mol. The number of aromatic nitrogens is 1. The van der Waals surface area contributed by atoms with Crippen LogP contribution in [0.25, 0.3) is 0 Å². The molecule has 2 aliphatic rings. The number of rotatable bonds is 10. The molecule has 2 heterocycles. The fourth-order valence-corrected chi connectivity index (χ4v) is 6.22. The summed E-state index contributed by atoms with van der Waals surface area (Å²) in [4.78, 5) is 40.6.